The maximum Gasteiger partial charge on any atom is 0.167 e. The van der Waals surface area contributed by atoms with Gasteiger partial charge in [0, 0.05) is 0 Å². The molecule has 1 aliphatic rings. The maximum atomic E-state index is 9.95. The average molecular weight is 287 g/mol. The van der Waals surface area contributed by atoms with Gasteiger partial charge in [-0.1, -0.05) is 11.6 Å². The lowest BCUT2D eigenvalue weighted by molar-refractivity contribution is -0.0511. The molecule has 2 aromatic rings. The molecule has 0 amide bonds. The number of aliphatic hydroxyl groups is 3. The topological polar surface area (TPSA) is 114 Å². The van der Waals surface area contributed by atoms with Gasteiger partial charge in [0.25, 0.3) is 0 Å². The number of hydrogen-bond donors (Lipinski definition) is 3. The predicted molar refractivity (Wildman–Crippen MR) is 63.3 cm³/mol. The Hall–Kier alpha value is -1.32. The first-order valence-corrected chi connectivity index (χ1v) is 5.96. The Morgan fingerprint density at radius 3 is 2.74 bits per heavy atom. The Morgan fingerprint density at radius 2 is 2.05 bits per heavy atom. The normalized spacial score (nSPS) is 31.2. The molecule has 102 valence electrons. The van der Waals surface area contributed by atoms with Gasteiger partial charge >= 0.3 is 0 Å². The van der Waals surface area contributed by atoms with Crippen LogP contribution >= 0.6 is 11.6 Å². The van der Waals surface area contributed by atoms with Gasteiger partial charge in [0.2, 0.25) is 0 Å². The summed E-state index contributed by atoms with van der Waals surface area (Å²) in [6.07, 6.45) is -1.44. The highest BCUT2D eigenvalue weighted by molar-refractivity contribution is 6.33. The molecular formula is C10H11ClN4O4. The van der Waals surface area contributed by atoms with Crippen molar-refractivity contribution in [2.45, 2.75) is 24.5 Å². The summed E-state index contributed by atoms with van der Waals surface area (Å²) in [5.41, 5.74) is 0.761. The fourth-order valence-corrected chi connectivity index (χ4v) is 2.30. The highest BCUT2D eigenvalue weighted by Crippen LogP contribution is 2.31. The molecule has 1 fully saturated rings. The van der Waals surface area contributed by atoms with E-state index in [1.165, 1.54) is 17.2 Å². The van der Waals surface area contributed by atoms with Crippen molar-refractivity contribution in [1.29, 1.82) is 0 Å². The van der Waals surface area contributed by atoms with Crippen LogP contribution in [-0.2, 0) is 4.74 Å². The molecule has 4 atom stereocenters. The van der Waals surface area contributed by atoms with E-state index in [0.29, 0.717) is 11.2 Å². The number of hydrogen-bond acceptors (Lipinski definition) is 7. The third kappa shape index (κ3) is 1.88. The predicted octanol–water partition coefficient (Wildman–Crippen LogP) is -0.909. The van der Waals surface area contributed by atoms with Gasteiger partial charge < -0.3 is 20.1 Å². The fourth-order valence-electron chi connectivity index (χ4n) is 2.12. The molecular weight excluding hydrogens is 276 g/mol. The third-order valence-corrected chi connectivity index (χ3v) is 3.38. The van der Waals surface area contributed by atoms with Gasteiger partial charge in [-0.15, -0.1) is 0 Å². The van der Waals surface area contributed by atoms with Crippen LogP contribution in [0.2, 0.25) is 5.15 Å². The molecule has 2 aromatic heterocycles. The van der Waals surface area contributed by atoms with Crippen molar-refractivity contribution in [3.63, 3.8) is 0 Å². The van der Waals surface area contributed by atoms with E-state index in [1.54, 1.807) is 0 Å². The molecule has 1 saturated heterocycles. The second-order valence-corrected chi connectivity index (χ2v) is 4.58. The average Bonchev–Trinajstić information content (AvgIpc) is 2.94. The van der Waals surface area contributed by atoms with Crippen LogP contribution in [0.4, 0.5) is 0 Å². The van der Waals surface area contributed by atoms with Gasteiger partial charge in [-0.25, -0.2) is 15.0 Å². The minimum Gasteiger partial charge on any atom is -0.394 e. The van der Waals surface area contributed by atoms with Crippen molar-refractivity contribution >= 4 is 22.8 Å². The first-order chi connectivity index (χ1) is 9.13. The van der Waals surface area contributed by atoms with Crippen molar-refractivity contribution in [2.24, 2.45) is 0 Å². The highest BCUT2D eigenvalue weighted by Gasteiger charge is 2.43. The molecule has 3 rings (SSSR count). The van der Waals surface area contributed by atoms with E-state index in [4.69, 9.17) is 21.4 Å². The number of fused-ring (bicyclic) bond motifs is 1. The number of ether oxygens (including phenoxy) is 1. The van der Waals surface area contributed by atoms with Crippen LogP contribution in [0.15, 0.2) is 12.7 Å². The summed E-state index contributed by atoms with van der Waals surface area (Å²) < 4.78 is 6.85. The molecule has 3 heterocycles. The molecule has 1 aliphatic heterocycles. The van der Waals surface area contributed by atoms with Crippen LogP contribution in [0.25, 0.3) is 11.2 Å². The molecule has 8 nitrogen and oxygen atoms in total. The van der Waals surface area contributed by atoms with Gasteiger partial charge in [-0.2, -0.15) is 0 Å². The standard InChI is InChI=1S/C10H11ClN4O4/c11-8-5-9(13-2-12-8)15(3-14-5)10-7(18)6(17)4(1-16)19-10/h2-4,6-7,10,16-18H,1H2/t4-,6-,7-,10-/m0/s1. The second-order valence-electron chi connectivity index (χ2n) is 4.22. The molecule has 9 heteroatoms. The van der Waals surface area contributed by atoms with E-state index >= 15 is 0 Å². The van der Waals surface area contributed by atoms with Crippen LogP contribution in [0.3, 0.4) is 0 Å². The number of halogens is 1. The zero-order chi connectivity index (χ0) is 13.6. The lowest BCUT2D eigenvalue weighted by Crippen LogP contribution is -2.33. The quantitative estimate of drug-likeness (QED) is 0.613. The Morgan fingerprint density at radius 1 is 1.26 bits per heavy atom. The van der Waals surface area contributed by atoms with E-state index in [0.717, 1.165) is 0 Å². The van der Waals surface area contributed by atoms with E-state index in [1.807, 2.05) is 0 Å². The first-order valence-electron chi connectivity index (χ1n) is 5.59. The summed E-state index contributed by atoms with van der Waals surface area (Å²) >= 11 is 5.88. The van der Waals surface area contributed by atoms with Gasteiger partial charge in [0.1, 0.15) is 30.2 Å². The van der Waals surface area contributed by atoms with E-state index in [9.17, 15) is 10.2 Å². The molecule has 19 heavy (non-hydrogen) atoms. The van der Waals surface area contributed by atoms with Crippen molar-refractivity contribution in [2.75, 3.05) is 6.61 Å². The minimum absolute atomic E-state index is 0.190. The highest BCUT2D eigenvalue weighted by atomic mass is 35.5. The number of nitrogens with zero attached hydrogens (tertiary/aromatic N) is 4. The smallest absolute Gasteiger partial charge is 0.167 e. The third-order valence-electron chi connectivity index (χ3n) is 3.11. The number of imidazole rings is 1. The SMILES string of the molecule is OC[C@@H]1O[C@H](n2cnc3c(Cl)ncnc32)[C@@H](O)[C@H]1O. The zero-order valence-corrected chi connectivity index (χ0v) is 10.3. The van der Waals surface area contributed by atoms with Crippen LogP contribution in [-0.4, -0.2) is 59.8 Å². The molecule has 0 aromatic carbocycles. The van der Waals surface area contributed by atoms with Crippen molar-refractivity contribution in [3.05, 3.63) is 17.8 Å². The Balaban J connectivity index is 2.04. The minimum atomic E-state index is -1.19. The maximum absolute atomic E-state index is 9.95. The van der Waals surface area contributed by atoms with E-state index in [-0.39, 0.29) is 5.15 Å². The van der Waals surface area contributed by atoms with Crippen LogP contribution in [0.5, 0.6) is 0 Å². The summed E-state index contributed by atoms with van der Waals surface area (Å²) in [6.45, 7) is -0.392. The van der Waals surface area contributed by atoms with Crippen molar-refractivity contribution in [1.82, 2.24) is 19.5 Å². The Bertz CT molecular complexity index is 606. The zero-order valence-electron chi connectivity index (χ0n) is 9.59. The van der Waals surface area contributed by atoms with Crippen LogP contribution < -0.4 is 0 Å². The summed E-state index contributed by atoms with van der Waals surface area (Å²) in [5, 5.41) is 28.9. The van der Waals surface area contributed by atoms with Gasteiger partial charge in [-0.3, -0.25) is 4.57 Å². The number of aliphatic hydroxyl groups excluding tert-OH is 3. The number of aromatic nitrogens is 4. The molecule has 0 radical (unpaired) electrons. The molecule has 3 N–H and O–H groups in total. The largest absolute Gasteiger partial charge is 0.394 e. The summed E-state index contributed by atoms with van der Waals surface area (Å²) in [4.78, 5) is 11.9. The molecule has 0 saturated carbocycles. The first kappa shape index (κ1) is 12.7. The lowest BCUT2D eigenvalue weighted by Gasteiger charge is -2.16. The lowest BCUT2D eigenvalue weighted by atomic mass is 10.1. The monoisotopic (exact) mass is 286 g/mol. The molecule has 0 spiro atoms. The van der Waals surface area contributed by atoms with Gasteiger partial charge in [0.15, 0.2) is 17.0 Å². The van der Waals surface area contributed by atoms with Crippen LogP contribution in [0, 0.1) is 0 Å². The summed E-state index contributed by atoms with van der Waals surface area (Å²) in [5.74, 6) is 0. The van der Waals surface area contributed by atoms with Crippen molar-refractivity contribution < 1.29 is 20.1 Å². The Labute approximate surface area is 112 Å². The van der Waals surface area contributed by atoms with Crippen molar-refractivity contribution in [3.8, 4) is 0 Å². The summed E-state index contributed by atoms with van der Waals surface area (Å²) in [7, 11) is 0. The van der Waals surface area contributed by atoms with E-state index in [2.05, 4.69) is 15.0 Å². The van der Waals surface area contributed by atoms with Gasteiger partial charge in [0.05, 0.1) is 12.9 Å². The summed E-state index contributed by atoms with van der Waals surface area (Å²) in [6, 6.07) is 0. The number of rotatable bonds is 2. The molecule has 0 aliphatic carbocycles. The molecule has 0 bridgehead atoms. The molecule has 0 unspecified atom stereocenters. The van der Waals surface area contributed by atoms with Gasteiger partial charge in [-0.05, 0) is 0 Å². The Kier molecular flexibility index (Phi) is 3.11. The second kappa shape index (κ2) is 4.66. The van der Waals surface area contributed by atoms with E-state index < -0.39 is 31.1 Å². The fraction of sp³-hybridized carbons (Fsp3) is 0.500. The van der Waals surface area contributed by atoms with Crippen LogP contribution in [0.1, 0.15) is 6.23 Å².